The maximum atomic E-state index is 11.4. The van der Waals surface area contributed by atoms with Crippen LogP contribution in [0.5, 0.6) is 0 Å². The standard InChI is InChI=1S/C10H10BrNO2/c11-9-4-2-8(3-5-9)10(14)12-6-1-7-13/h2-5,7H,1,6H2,(H,12,14). The molecular formula is C10H10BrNO2. The fourth-order valence-corrected chi connectivity index (χ4v) is 1.21. The molecule has 0 atom stereocenters. The molecule has 14 heavy (non-hydrogen) atoms. The van der Waals surface area contributed by atoms with Crippen LogP contribution in [-0.2, 0) is 4.79 Å². The van der Waals surface area contributed by atoms with Gasteiger partial charge in [0.15, 0.2) is 0 Å². The molecule has 1 N–H and O–H groups in total. The molecule has 0 aromatic heterocycles. The van der Waals surface area contributed by atoms with E-state index in [9.17, 15) is 9.59 Å². The highest BCUT2D eigenvalue weighted by Gasteiger charge is 2.02. The molecule has 1 aromatic carbocycles. The first-order valence-electron chi connectivity index (χ1n) is 4.21. The van der Waals surface area contributed by atoms with Gasteiger partial charge in [-0.15, -0.1) is 0 Å². The van der Waals surface area contributed by atoms with Crippen LogP contribution < -0.4 is 5.32 Å². The molecule has 0 aliphatic heterocycles. The second kappa shape index (κ2) is 5.54. The summed E-state index contributed by atoms with van der Waals surface area (Å²) in [4.78, 5) is 21.4. The maximum absolute atomic E-state index is 11.4. The number of carbonyl (C=O) groups is 2. The molecule has 0 unspecified atom stereocenters. The molecular weight excluding hydrogens is 246 g/mol. The summed E-state index contributed by atoms with van der Waals surface area (Å²) < 4.78 is 0.932. The summed E-state index contributed by atoms with van der Waals surface area (Å²) in [6, 6.07) is 7.05. The first-order valence-corrected chi connectivity index (χ1v) is 5.00. The zero-order chi connectivity index (χ0) is 10.4. The van der Waals surface area contributed by atoms with Crippen molar-refractivity contribution in [2.45, 2.75) is 6.42 Å². The molecule has 3 nitrogen and oxygen atoms in total. The highest BCUT2D eigenvalue weighted by Crippen LogP contribution is 2.10. The summed E-state index contributed by atoms with van der Waals surface area (Å²) in [6.45, 7) is 0.387. The molecule has 0 radical (unpaired) electrons. The van der Waals surface area contributed by atoms with Crippen molar-refractivity contribution in [1.29, 1.82) is 0 Å². The molecule has 4 heteroatoms. The van der Waals surface area contributed by atoms with E-state index in [-0.39, 0.29) is 5.91 Å². The first-order chi connectivity index (χ1) is 6.74. The van der Waals surface area contributed by atoms with E-state index in [2.05, 4.69) is 21.2 Å². The molecule has 1 rings (SSSR count). The number of benzene rings is 1. The second-order valence-corrected chi connectivity index (χ2v) is 3.63. The summed E-state index contributed by atoms with van der Waals surface area (Å²) in [6.07, 6.45) is 1.13. The third-order valence-corrected chi connectivity index (χ3v) is 2.18. The maximum Gasteiger partial charge on any atom is 0.251 e. The van der Waals surface area contributed by atoms with Crippen LogP contribution in [0.2, 0.25) is 0 Å². The predicted octanol–water partition coefficient (Wildman–Crippen LogP) is 1.77. The highest BCUT2D eigenvalue weighted by atomic mass is 79.9. The molecule has 1 aromatic rings. The molecule has 0 fully saturated rings. The van der Waals surface area contributed by atoms with Crippen molar-refractivity contribution < 1.29 is 9.59 Å². The van der Waals surface area contributed by atoms with E-state index in [1.807, 2.05) is 0 Å². The Morgan fingerprint density at radius 3 is 2.57 bits per heavy atom. The summed E-state index contributed by atoms with van der Waals surface area (Å²) in [5, 5.41) is 2.63. The largest absolute Gasteiger partial charge is 0.352 e. The summed E-state index contributed by atoms with van der Waals surface area (Å²) >= 11 is 3.28. The van der Waals surface area contributed by atoms with Crippen molar-refractivity contribution in [3.63, 3.8) is 0 Å². The van der Waals surface area contributed by atoms with Crippen LogP contribution in [-0.4, -0.2) is 18.7 Å². The lowest BCUT2D eigenvalue weighted by Crippen LogP contribution is -2.24. The Morgan fingerprint density at radius 2 is 2.00 bits per heavy atom. The van der Waals surface area contributed by atoms with Gasteiger partial charge in [-0.25, -0.2) is 0 Å². The van der Waals surface area contributed by atoms with Crippen LogP contribution >= 0.6 is 15.9 Å². The normalized spacial score (nSPS) is 9.50. The van der Waals surface area contributed by atoms with Gasteiger partial charge in [-0.05, 0) is 24.3 Å². The lowest BCUT2D eigenvalue weighted by molar-refractivity contribution is -0.107. The Balaban J connectivity index is 2.52. The van der Waals surface area contributed by atoms with E-state index in [0.717, 1.165) is 10.8 Å². The summed E-state index contributed by atoms with van der Waals surface area (Å²) in [5.41, 5.74) is 0.596. The van der Waals surface area contributed by atoms with Gasteiger partial charge >= 0.3 is 0 Å². The van der Waals surface area contributed by atoms with E-state index in [0.29, 0.717) is 18.5 Å². The fraction of sp³-hybridized carbons (Fsp3) is 0.200. The smallest absolute Gasteiger partial charge is 0.251 e. The van der Waals surface area contributed by atoms with Crippen molar-refractivity contribution in [1.82, 2.24) is 5.32 Å². The van der Waals surface area contributed by atoms with Crippen LogP contribution in [0, 0.1) is 0 Å². The van der Waals surface area contributed by atoms with Crippen molar-refractivity contribution in [3.05, 3.63) is 34.3 Å². The predicted molar refractivity (Wildman–Crippen MR) is 57.2 cm³/mol. The van der Waals surface area contributed by atoms with E-state index < -0.39 is 0 Å². The number of hydrogen-bond donors (Lipinski definition) is 1. The molecule has 1 amide bonds. The average molecular weight is 256 g/mol. The number of rotatable bonds is 4. The van der Waals surface area contributed by atoms with Crippen LogP contribution in [0.25, 0.3) is 0 Å². The van der Waals surface area contributed by atoms with Crippen LogP contribution in [0.3, 0.4) is 0 Å². The molecule has 0 spiro atoms. The lowest BCUT2D eigenvalue weighted by atomic mass is 10.2. The number of carbonyl (C=O) groups excluding carboxylic acids is 2. The zero-order valence-electron chi connectivity index (χ0n) is 7.50. The third-order valence-electron chi connectivity index (χ3n) is 1.65. The minimum atomic E-state index is -0.153. The van der Waals surface area contributed by atoms with E-state index in [1.54, 1.807) is 24.3 Å². The van der Waals surface area contributed by atoms with Crippen molar-refractivity contribution in [3.8, 4) is 0 Å². The summed E-state index contributed by atoms with van der Waals surface area (Å²) in [7, 11) is 0. The topological polar surface area (TPSA) is 46.2 Å². The molecule has 0 aliphatic carbocycles. The fourth-order valence-electron chi connectivity index (χ4n) is 0.948. The number of aldehydes is 1. The first kappa shape index (κ1) is 10.9. The van der Waals surface area contributed by atoms with Gasteiger partial charge in [-0.3, -0.25) is 4.79 Å². The third kappa shape index (κ3) is 3.30. The van der Waals surface area contributed by atoms with Gasteiger partial charge in [-0.1, -0.05) is 15.9 Å². The van der Waals surface area contributed by atoms with Gasteiger partial charge in [0, 0.05) is 23.0 Å². The van der Waals surface area contributed by atoms with Crippen LogP contribution in [0.1, 0.15) is 16.8 Å². The molecule has 0 saturated carbocycles. The van der Waals surface area contributed by atoms with Gasteiger partial charge in [0.2, 0.25) is 0 Å². The molecule has 0 bridgehead atoms. The van der Waals surface area contributed by atoms with Gasteiger partial charge in [0.1, 0.15) is 6.29 Å². The molecule has 0 aliphatic rings. The Labute approximate surface area is 90.6 Å². The quantitative estimate of drug-likeness (QED) is 0.659. The number of nitrogens with one attached hydrogen (secondary N) is 1. The van der Waals surface area contributed by atoms with Crippen molar-refractivity contribution in [2.24, 2.45) is 0 Å². The monoisotopic (exact) mass is 255 g/mol. The molecule has 0 saturated heterocycles. The Kier molecular flexibility index (Phi) is 4.32. The summed E-state index contributed by atoms with van der Waals surface area (Å²) in [5.74, 6) is -0.153. The number of amides is 1. The highest BCUT2D eigenvalue weighted by molar-refractivity contribution is 9.10. The van der Waals surface area contributed by atoms with Crippen LogP contribution in [0.15, 0.2) is 28.7 Å². The van der Waals surface area contributed by atoms with E-state index >= 15 is 0 Å². The Morgan fingerprint density at radius 1 is 1.36 bits per heavy atom. The van der Waals surface area contributed by atoms with E-state index in [4.69, 9.17) is 0 Å². The van der Waals surface area contributed by atoms with Crippen molar-refractivity contribution in [2.75, 3.05) is 6.54 Å². The van der Waals surface area contributed by atoms with Gasteiger partial charge < -0.3 is 10.1 Å². The van der Waals surface area contributed by atoms with Crippen molar-refractivity contribution >= 4 is 28.1 Å². The van der Waals surface area contributed by atoms with Gasteiger partial charge in [0.25, 0.3) is 5.91 Å². The zero-order valence-corrected chi connectivity index (χ0v) is 9.08. The minimum Gasteiger partial charge on any atom is -0.352 e. The number of hydrogen-bond acceptors (Lipinski definition) is 2. The number of halogens is 1. The lowest BCUT2D eigenvalue weighted by Gasteiger charge is -2.02. The average Bonchev–Trinajstić information content (AvgIpc) is 2.19. The van der Waals surface area contributed by atoms with Gasteiger partial charge in [0.05, 0.1) is 0 Å². The SMILES string of the molecule is O=CCCNC(=O)c1ccc(Br)cc1. The van der Waals surface area contributed by atoms with Crippen LogP contribution in [0.4, 0.5) is 0 Å². The molecule has 0 heterocycles. The minimum absolute atomic E-state index is 0.153. The van der Waals surface area contributed by atoms with Gasteiger partial charge in [-0.2, -0.15) is 0 Å². The Hall–Kier alpha value is -1.16. The second-order valence-electron chi connectivity index (χ2n) is 2.72. The molecule has 74 valence electrons. The Bertz CT molecular complexity index is 321. The van der Waals surface area contributed by atoms with E-state index in [1.165, 1.54) is 0 Å².